The van der Waals surface area contributed by atoms with Crippen LogP contribution in [0.1, 0.15) is 24.5 Å². The van der Waals surface area contributed by atoms with E-state index in [2.05, 4.69) is 15.6 Å². The summed E-state index contributed by atoms with van der Waals surface area (Å²) in [4.78, 5) is 27.8. The molecule has 0 fully saturated rings. The Morgan fingerprint density at radius 2 is 2.04 bits per heavy atom. The number of halogens is 1. The van der Waals surface area contributed by atoms with E-state index < -0.39 is 11.8 Å². The molecule has 6 heteroatoms. The van der Waals surface area contributed by atoms with E-state index in [4.69, 9.17) is 0 Å². The highest BCUT2D eigenvalue weighted by atomic mass is 19.1. The molecule has 1 aromatic carbocycles. The van der Waals surface area contributed by atoms with Gasteiger partial charge in [0.05, 0.1) is 11.9 Å². The number of aryl methyl sites for hydroxylation is 2. The molecule has 2 N–H and O–H groups in total. The van der Waals surface area contributed by atoms with Gasteiger partial charge in [-0.1, -0.05) is 12.1 Å². The number of hydrogen-bond donors (Lipinski definition) is 2. The quantitative estimate of drug-likeness (QED) is 0.828. The van der Waals surface area contributed by atoms with Crippen LogP contribution in [-0.4, -0.2) is 22.8 Å². The number of benzene rings is 1. The molecule has 126 valence electrons. The van der Waals surface area contributed by atoms with Gasteiger partial charge >= 0.3 is 11.8 Å². The first kappa shape index (κ1) is 17.6. The Morgan fingerprint density at radius 1 is 1.25 bits per heavy atom. The van der Waals surface area contributed by atoms with E-state index >= 15 is 0 Å². The maximum absolute atomic E-state index is 13.1. The predicted molar refractivity (Wildman–Crippen MR) is 89.9 cm³/mol. The molecule has 5 nitrogen and oxygen atoms in total. The van der Waals surface area contributed by atoms with Crippen LogP contribution in [0.15, 0.2) is 42.7 Å². The van der Waals surface area contributed by atoms with Crippen molar-refractivity contribution in [2.45, 2.75) is 32.7 Å². The number of pyridine rings is 1. The lowest BCUT2D eigenvalue weighted by molar-refractivity contribution is -0.136. The van der Waals surface area contributed by atoms with Gasteiger partial charge in [0, 0.05) is 12.2 Å². The Morgan fingerprint density at radius 3 is 2.75 bits per heavy atom. The van der Waals surface area contributed by atoms with Crippen molar-refractivity contribution >= 4 is 17.5 Å². The van der Waals surface area contributed by atoms with E-state index in [-0.39, 0.29) is 11.9 Å². The number of rotatable bonds is 5. The van der Waals surface area contributed by atoms with Crippen molar-refractivity contribution in [1.82, 2.24) is 10.3 Å². The average Bonchev–Trinajstić information content (AvgIpc) is 2.55. The van der Waals surface area contributed by atoms with Crippen LogP contribution in [0.3, 0.4) is 0 Å². The Balaban J connectivity index is 1.82. The van der Waals surface area contributed by atoms with Gasteiger partial charge in [-0.15, -0.1) is 0 Å². The highest BCUT2D eigenvalue weighted by Crippen LogP contribution is 2.11. The number of amides is 2. The van der Waals surface area contributed by atoms with Crippen LogP contribution in [0.2, 0.25) is 0 Å². The molecule has 0 aliphatic heterocycles. The second kappa shape index (κ2) is 8.19. The zero-order valence-corrected chi connectivity index (χ0v) is 13.7. The lowest BCUT2D eigenvalue weighted by Gasteiger charge is -2.14. The molecule has 0 spiro atoms. The minimum Gasteiger partial charge on any atom is -0.345 e. The SMILES string of the molecule is Cc1ccncc1NC(=O)C(=O)NC(C)CCc1cccc(F)c1. The van der Waals surface area contributed by atoms with E-state index in [9.17, 15) is 14.0 Å². The molecule has 0 aliphatic carbocycles. The van der Waals surface area contributed by atoms with E-state index in [0.29, 0.717) is 18.5 Å². The standard InChI is InChI=1S/C18H20FN3O2/c1-12-8-9-20-11-16(12)22-18(24)17(23)21-13(2)6-7-14-4-3-5-15(19)10-14/h3-5,8-11,13H,6-7H2,1-2H3,(H,21,23)(H,22,24). The third kappa shape index (κ3) is 5.15. The first-order valence-electron chi connectivity index (χ1n) is 7.72. The van der Waals surface area contributed by atoms with E-state index in [1.54, 1.807) is 25.3 Å². The lowest BCUT2D eigenvalue weighted by Crippen LogP contribution is -2.40. The summed E-state index contributed by atoms with van der Waals surface area (Å²) in [6.45, 7) is 3.62. The van der Waals surface area contributed by atoms with E-state index in [1.807, 2.05) is 13.0 Å². The van der Waals surface area contributed by atoms with Crippen LogP contribution in [0, 0.1) is 12.7 Å². The summed E-state index contributed by atoms with van der Waals surface area (Å²) in [5.74, 6) is -1.72. The van der Waals surface area contributed by atoms with Gasteiger partial charge in [-0.3, -0.25) is 14.6 Å². The van der Waals surface area contributed by atoms with Crippen LogP contribution in [0.5, 0.6) is 0 Å². The third-order valence-electron chi connectivity index (χ3n) is 3.63. The molecule has 0 radical (unpaired) electrons. The minimum atomic E-state index is -0.733. The van der Waals surface area contributed by atoms with Crippen LogP contribution in [-0.2, 0) is 16.0 Å². The summed E-state index contributed by atoms with van der Waals surface area (Å²) in [6, 6.07) is 7.87. The normalized spacial score (nSPS) is 11.6. The summed E-state index contributed by atoms with van der Waals surface area (Å²) >= 11 is 0. The molecule has 0 bridgehead atoms. The summed E-state index contributed by atoms with van der Waals surface area (Å²) in [5.41, 5.74) is 2.18. The van der Waals surface area contributed by atoms with Crippen molar-refractivity contribution in [2.75, 3.05) is 5.32 Å². The molecule has 24 heavy (non-hydrogen) atoms. The first-order valence-corrected chi connectivity index (χ1v) is 7.72. The number of anilines is 1. The third-order valence-corrected chi connectivity index (χ3v) is 3.63. The maximum Gasteiger partial charge on any atom is 0.313 e. The summed E-state index contributed by atoms with van der Waals surface area (Å²) in [5, 5.41) is 5.17. The first-order chi connectivity index (χ1) is 11.5. The van der Waals surface area contributed by atoms with Crippen LogP contribution in [0.4, 0.5) is 10.1 Å². The molecular formula is C18H20FN3O2. The fourth-order valence-electron chi connectivity index (χ4n) is 2.21. The molecule has 0 saturated heterocycles. The zero-order chi connectivity index (χ0) is 17.5. The molecule has 2 amide bonds. The number of aromatic nitrogens is 1. The second-order valence-corrected chi connectivity index (χ2v) is 5.69. The molecule has 0 aliphatic rings. The van der Waals surface area contributed by atoms with Crippen LogP contribution in [0.25, 0.3) is 0 Å². The Bertz CT molecular complexity index is 734. The van der Waals surface area contributed by atoms with Gasteiger partial charge in [-0.2, -0.15) is 0 Å². The molecular weight excluding hydrogens is 309 g/mol. The Labute approximate surface area is 140 Å². The van der Waals surface area contributed by atoms with Gasteiger partial charge in [0.2, 0.25) is 0 Å². The van der Waals surface area contributed by atoms with Crippen molar-refractivity contribution in [3.63, 3.8) is 0 Å². The highest BCUT2D eigenvalue weighted by Gasteiger charge is 2.17. The number of carbonyl (C=O) groups excluding carboxylic acids is 2. The van der Waals surface area contributed by atoms with Crippen LogP contribution < -0.4 is 10.6 Å². The van der Waals surface area contributed by atoms with Gasteiger partial charge in [0.1, 0.15) is 5.82 Å². The van der Waals surface area contributed by atoms with Crippen LogP contribution >= 0.6 is 0 Å². The number of carbonyl (C=O) groups is 2. The molecule has 1 aromatic heterocycles. The monoisotopic (exact) mass is 329 g/mol. The average molecular weight is 329 g/mol. The van der Waals surface area contributed by atoms with E-state index in [0.717, 1.165) is 11.1 Å². The lowest BCUT2D eigenvalue weighted by atomic mass is 10.1. The van der Waals surface area contributed by atoms with Gasteiger partial charge in [-0.05, 0) is 56.0 Å². The molecule has 2 rings (SSSR count). The van der Waals surface area contributed by atoms with Crippen molar-refractivity contribution < 1.29 is 14.0 Å². The number of nitrogens with zero attached hydrogens (tertiary/aromatic N) is 1. The molecule has 1 atom stereocenters. The topological polar surface area (TPSA) is 71.1 Å². The fraction of sp³-hybridized carbons (Fsp3) is 0.278. The van der Waals surface area contributed by atoms with Crippen molar-refractivity contribution in [2.24, 2.45) is 0 Å². The minimum absolute atomic E-state index is 0.207. The zero-order valence-electron chi connectivity index (χ0n) is 13.7. The fourth-order valence-corrected chi connectivity index (χ4v) is 2.21. The maximum atomic E-state index is 13.1. The smallest absolute Gasteiger partial charge is 0.313 e. The molecule has 1 heterocycles. The van der Waals surface area contributed by atoms with Gasteiger partial charge < -0.3 is 10.6 Å². The molecule has 2 aromatic rings. The second-order valence-electron chi connectivity index (χ2n) is 5.69. The van der Waals surface area contributed by atoms with Gasteiger partial charge in [0.25, 0.3) is 0 Å². The Kier molecular flexibility index (Phi) is 6.01. The number of nitrogens with one attached hydrogen (secondary N) is 2. The van der Waals surface area contributed by atoms with E-state index in [1.165, 1.54) is 18.3 Å². The largest absolute Gasteiger partial charge is 0.345 e. The highest BCUT2D eigenvalue weighted by molar-refractivity contribution is 6.39. The van der Waals surface area contributed by atoms with Gasteiger partial charge in [-0.25, -0.2) is 4.39 Å². The van der Waals surface area contributed by atoms with Gasteiger partial charge in [0.15, 0.2) is 0 Å². The summed E-state index contributed by atoms with van der Waals surface area (Å²) < 4.78 is 13.1. The van der Waals surface area contributed by atoms with Crippen molar-refractivity contribution in [1.29, 1.82) is 0 Å². The molecule has 1 unspecified atom stereocenters. The predicted octanol–water partition coefficient (Wildman–Crippen LogP) is 2.61. The molecule has 0 saturated carbocycles. The Hall–Kier alpha value is -2.76. The number of hydrogen-bond acceptors (Lipinski definition) is 3. The van der Waals surface area contributed by atoms with Crippen molar-refractivity contribution in [3.8, 4) is 0 Å². The summed E-state index contributed by atoms with van der Waals surface area (Å²) in [7, 11) is 0. The van der Waals surface area contributed by atoms with Crippen molar-refractivity contribution in [3.05, 3.63) is 59.7 Å². The summed E-state index contributed by atoms with van der Waals surface area (Å²) in [6.07, 6.45) is 4.32.